The minimum absolute atomic E-state index is 0.0687. The van der Waals surface area contributed by atoms with E-state index in [0.29, 0.717) is 0 Å². The molecule has 0 radical (unpaired) electrons. The lowest BCUT2D eigenvalue weighted by molar-refractivity contribution is 0.104. The van der Waals surface area contributed by atoms with Crippen molar-refractivity contribution in [1.82, 2.24) is 9.80 Å². The van der Waals surface area contributed by atoms with E-state index in [9.17, 15) is 0 Å². The first-order valence-electron chi connectivity index (χ1n) is 9.33. The van der Waals surface area contributed by atoms with Gasteiger partial charge in [-0.3, -0.25) is 9.80 Å². The summed E-state index contributed by atoms with van der Waals surface area (Å²) in [6, 6.07) is 14.5. The molecule has 0 aromatic heterocycles. The quantitative estimate of drug-likeness (QED) is 0.808. The van der Waals surface area contributed by atoms with Crippen LogP contribution in [0.3, 0.4) is 0 Å². The number of nitrogens with zero attached hydrogens (tertiary/aromatic N) is 2. The molecule has 1 saturated heterocycles. The summed E-state index contributed by atoms with van der Waals surface area (Å²) in [5.74, 6) is 7.57. The molecular formula is C22H23ClN2O2. The van der Waals surface area contributed by atoms with E-state index in [4.69, 9.17) is 21.4 Å². The maximum absolute atomic E-state index is 8.81. The molecule has 2 aromatic rings. The second kappa shape index (κ2) is 8.33. The summed E-state index contributed by atoms with van der Waals surface area (Å²) in [7, 11) is 0. The minimum Gasteiger partial charge on any atom is -0.457 e. The Kier molecular flexibility index (Phi) is 5.66. The van der Waals surface area contributed by atoms with Crippen LogP contribution in [0, 0.1) is 11.8 Å². The largest absolute Gasteiger partial charge is 0.457 e. The summed E-state index contributed by atoms with van der Waals surface area (Å²) >= 11 is 6.25. The van der Waals surface area contributed by atoms with Gasteiger partial charge in [0.25, 0.3) is 0 Å². The lowest BCUT2D eigenvalue weighted by atomic mass is 9.96. The van der Waals surface area contributed by atoms with Crippen molar-refractivity contribution in [3.63, 3.8) is 0 Å². The number of hydrogen-bond acceptors (Lipinski definition) is 4. The highest BCUT2D eigenvalue weighted by molar-refractivity contribution is 6.30. The van der Waals surface area contributed by atoms with Crippen LogP contribution in [0.5, 0.6) is 11.5 Å². The Morgan fingerprint density at radius 2 is 1.85 bits per heavy atom. The third-order valence-electron chi connectivity index (χ3n) is 5.29. The van der Waals surface area contributed by atoms with E-state index in [0.717, 1.165) is 61.2 Å². The number of aliphatic hydroxyl groups is 1. The van der Waals surface area contributed by atoms with Gasteiger partial charge in [0.2, 0.25) is 0 Å². The molecule has 2 aliphatic rings. The van der Waals surface area contributed by atoms with Crippen molar-refractivity contribution in [2.45, 2.75) is 12.5 Å². The van der Waals surface area contributed by atoms with E-state index in [1.807, 2.05) is 30.3 Å². The first-order chi connectivity index (χ1) is 13.2. The Morgan fingerprint density at radius 1 is 1.04 bits per heavy atom. The second-order valence-electron chi connectivity index (χ2n) is 6.94. The van der Waals surface area contributed by atoms with Crippen LogP contribution >= 0.6 is 11.6 Å². The number of halogens is 1. The fraction of sp³-hybridized carbons (Fsp3) is 0.364. The van der Waals surface area contributed by atoms with E-state index in [1.54, 1.807) is 0 Å². The summed E-state index contributed by atoms with van der Waals surface area (Å²) in [5, 5.41) is 9.55. The van der Waals surface area contributed by atoms with Crippen LogP contribution in [-0.2, 0) is 6.42 Å². The normalized spacial score (nSPS) is 19.9. The van der Waals surface area contributed by atoms with Gasteiger partial charge in [0.15, 0.2) is 0 Å². The SMILES string of the molecule is OCC#CCN1CCN(C2Cc3cc(Cl)ccc3Oc3ccccc32)CC1. The fourth-order valence-electron chi connectivity index (χ4n) is 3.88. The molecule has 0 spiro atoms. The van der Waals surface area contributed by atoms with Crippen molar-refractivity contribution in [2.24, 2.45) is 0 Å². The number of para-hydroxylation sites is 1. The molecule has 4 nitrogen and oxygen atoms in total. The summed E-state index contributed by atoms with van der Waals surface area (Å²) in [6.07, 6.45) is 0.886. The van der Waals surface area contributed by atoms with Gasteiger partial charge in [-0.05, 0) is 36.2 Å². The third-order valence-corrected chi connectivity index (χ3v) is 5.52. The van der Waals surface area contributed by atoms with Gasteiger partial charge < -0.3 is 9.84 Å². The van der Waals surface area contributed by atoms with E-state index in [2.05, 4.69) is 33.8 Å². The highest BCUT2D eigenvalue weighted by Crippen LogP contribution is 2.41. The molecule has 27 heavy (non-hydrogen) atoms. The summed E-state index contributed by atoms with van der Waals surface area (Å²) in [4.78, 5) is 4.87. The van der Waals surface area contributed by atoms with Crippen LogP contribution in [0.25, 0.3) is 0 Å². The molecule has 1 unspecified atom stereocenters. The zero-order valence-corrected chi connectivity index (χ0v) is 16.0. The van der Waals surface area contributed by atoms with Crippen molar-refractivity contribution in [3.8, 4) is 23.3 Å². The van der Waals surface area contributed by atoms with E-state index < -0.39 is 0 Å². The lowest BCUT2D eigenvalue weighted by Crippen LogP contribution is -2.48. The maximum atomic E-state index is 8.81. The monoisotopic (exact) mass is 382 g/mol. The molecule has 1 N–H and O–H groups in total. The number of hydrogen-bond donors (Lipinski definition) is 1. The average Bonchev–Trinajstić information content (AvgIpc) is 2.85. The summed E-state index contributed by atoms with van der Waals surface area (Å²) in [5.41, 5.74) is 2.39. The molecule has 0 aliphatic carbocycles. The topological polar surface area (TPSA) is 35.9 Å². The predicted molar refractivity (Wildman–Crippen MR) is 107 cm³/mol. The molecule has 2 aliphatic heterocycles. The Hall–Kier alpha value is -2.03. The van der Waals surface area contributed by atoms with E-state index in [-0.39, 0.29) is 12.6 Å². The lowest BCUT2D eigenvalue weighted by Gasteiger charge is -2.38. The zero-order valence-electron chi connectivity index (χ0n) is 15.2. The van der Waals surface area contributed by atoms with Crippen LogP contribution < -0.4 is 4.74 Å². The summed E-state index contributed by atoms with van der Waals surface area (Å²) < 4.78 is 6.23. The minimum atomic E-state index is -0.0687. The molecule has 2 aromatic carbocycles. The van der Waals surface area contributed by atoms with Crippen molar-refractivity contribution in [3.05, 3.63) is 58.6 Å². The van der Waals surface area contributed by atoms with Gasteiger partial charge in [0.1, 0.15) is 18.1 Å². The van der Waals surface area contributed by atoms with Crippen molar-refractivity contribution in [1.29, 1.82) is 0 Å². The van der Waals surface area contributed by atoms with E-state index >= 15 is 0 Å². The van der Waals surface area contributed by atoms with E-state index in [1.165, 1.54) is 5.56 Å². The first kappa shape index (κ1) is 18.3. The molecule has 0 amide bonds. The van der Waals surface area contributed by atoms with Gasteiger partial charge in [-0.15, -0.1) is 0 Å². The van der Waals surface area contributed by atoms with Gasteiger partial charge in [-0.2, -0.15) is 0 Å². The number of piperazine rings is 1. The number of benzene rings is 2. The van der Waals surface area contributed by atoms with Crippen LogP contribution in [0.2, 0.25) is 5.02 Å². The van der Waals surface area contributed by atoms with Crippen LogP contribution in [0.1, 0.15) is 17.2 Å². The zero-order chi connectivity index (χ0) is 18.6. The number of aliphatic hydroxyl groups excluding tert-OH is 1. The second-order valence-corrected chi connectivity index (χ2v) is 7.37. The molecule has 140 valence electrons. The molecule has 0 saturated carbocycles. The Labute approximate surface area is 165 Å². The molecule has 1 atom stereocenters. The van der Waals surface area contributed by atoms with Gasteiger partial charge in [-0.1, -0.05) is 41.6 Å². The molecule has 5 heteroatoms. The van der Waals surface area contributed by atoms with Gasteiger partial charge in [-0.25, -0.2) is 0 Å². The van der Waals surface area contributed by atoms with Crippen LogP contribution in [-0.4, -0.2) is 54.2 Å². The number of rotatable bonds is 2. The fourth-order valence-corrected chi connectivity index (χ4v) is 4.07. The predicted octanol–water partition coefficient (Wildman–Crippen LogP) is 3.34. The van der Waals surface area contributed by atoms with Gasteiger partial charge >= 0.3 is 0 Å². The van der Waals surface area contributed by atoms with Crippen LogP contribution in [0.4, 0.5) is 0 Å². The molecule has 4 rings (SSSR count). The Bertz CT molecular complexity index is 866. The highest BCUT2D eigenvalue weighted by Gasteiger charge is 2.30. The Morgan fingerprint density at radius 3 is 2.67 bits per heavy atom. The Balaban J connectivity index is 1.56. The van der Waals surface area contributed by atoms with Gasteiger partial charge in [0.05, 0.1) is 6.54 Å². The molecule has 1 fully saturated rings. The van der Waals surface area contributed by atoms with Crippen molar-refractivity contribution < 1.29 is 9.84 Å². The molecule has 0 bridgehead atoms. The van der Waals surface area contributed by atoms with Crippen molar-refractivity contribution in [2.75, 3.05) is 39.3 Å². The van der Waals surface area contributed by atoms with Gasteiger partial charge in [0, 0.05) is 42.8 Å². The standard InChI is InChI=1S/C22H23ClN2O2/c23-18-7-8-21-17(15-18)16-20(19-5-1-2-6-22(19)27-21)25-12-10-24(11-13-25)9-3-4-14-26/h1-2,5-8,15,20,26H,9-14,16H2. The van der Waals surface area contributed by atoms with Crippen LogP contribution in [0.15, 0.2) is 42.5 Å². The first-order valence-corrected chi connectivity index (χ1v) is 9.70. The number of ether oxygens (including phenoxy) is 1. The molecule has 2 heterocycles. The summed E-state index contributed by atoms with van der Waals surface area (Å²) in [6.45, 7) is 4.56. The molecular weight excluding hydrogens is 360 g/mol. The highest BCUT2D eigenvalue weighted by atomic mass is 35.5. The third kappa shape index (κ3) is 4.12. The average molecular weight is 383 g/mol. The maximum Gasteiger partial charge on any atom is 0.132 e. The van der Waals surface area contributed by atoms with Crippen molar-refractivity contribution >= 4 is 11.6 Å². The smallest absolute Gasteiger partial charge is 0.132 e. The number of fused-ring (bicyclic) bond motifs is 2.